The molecule has 0 amide bonds. The van der Waals surface area contributed by atoms with Gasteiger partial charge in [-0.15, -0.1) is 11.3 Å². The summed E-state index contributed by atoms with van der Waals surface area (Å²) in [4.78, 5) is 4.20. The average molecular weight is 284 g/mol. The van der Waals surface area contributed by atoms with Gasteiger partial charge in [-0.25, -0.2) is 4.98 Å². The maximum absolute atomic E-state index is 10.5. The Balaban J connectivity index is 1.63. The van der Waals surface area contributed by atoms with Crippen LogP contribution in [0.25, 0.3) is 10.1 Å². The molecule has 20 heavy (non-hydrogen) atoms. The molecule has 1 aromatic carbocycles. The van der Waals surface area contributed by atoms with E-state index in [4.69, 9.17) is 0 Å². The number of aliphatic hydroxyl groups excluding tert-OH is 1. The van der Waals surface area contributed by atoms with Gasteiger partial charge in [0, 0.05) is 17.2 Å². The van der Waals surface area contributed by atoms with Crippen LogP contribution in [0.4, 0.5) is 0 Å². The summed E-state index contributed by atoms with van der Waals surface area (Å²) in [6.07, 6.45) is 6.24. The summed E-state index contributed by atoms with van der Waals surface area (Å²) in [7, 11) is 0. The van der Waals surface area contributed by atoms with Gasteiger partial charge in [-0.2, -0.15) is 0 Å². The van der Waals surface area contributed by atoms with Crippen LogP contribution < -0.4 is 0 Å². The van der Waals surface area contributed by atoms with Crippen LogP contribution in [0.3, 0.4) is 0 Å². The van der Waals surface area contributed by atoms with Crippen molar-refractivity contribution in [3.63, 3.8) is 0 Å². The minimum absolute atomic E-state index is 0.476. The van der Waals surface area contributed by atoms with Crippen molar-refractivity contribution < 1.29 is 5.11 Å². The highest BCUT2D eigenvalue weighted by atomic mass is 32.1. The van der Waals surface area contributed by atoms with Gasteiger partial charge in [0.2, 0.25) is 0 Å². The van der Waals surface area contributed by atoms with Gasteiger partial charge in [-0.1, -0.05) is 18.2 Å². The first-order valence-electron chi connectivity index (χ1n) is 6.98. The third kappa shape index (κ3) is 2.05. The quantitative estimate of drug-likeness (QED) is 0.793. The molecule has 1 atom stereocenters. The van der Waals surface area contributed by atoms with E-state index in [1.54, 1.807) is 17.5 Å². The first-order chi connectivity index (χ1) is 9.83. The Kier molecular flexibility index (Phi) is 2.86. The van der Waals surface area contributed by atoms with Crippen LogP contribution >= 0.6 is 11.3 Å². The summed E-state index contributed by atoms with van der Waals surface area (Å²) in [5, 5.41) is 14.0. The molecule has 1 aliphatic carbocycles. The molecule has 0 aliphatic heterocycles. The zero-order valence-electron chi connectivity index (χ0n) is 11.1. The molecule has 0 saturated heterocycles. The molecule has 1 N–H and O–H groups in total. The summed E-state index contributed by atoms with van der Waals surface area (Å²) < 4.78 is 3.42. The van der Waals surface area contributed by atoms with Gasteiger partial charge < -0.3 is 9.67 Å². The van der Waals surface area contributed by atoms with Gasteiger partial charge in [0.15, 0.2) is 0 Å². The number of thiophene rings is 1. The molecule has 1 fully saturated rings. The minimum Gasteiger partial charge on any atom is -0.386 e. The Hall–Kier alpha value is -1.65. The van der Waals surface area contributed by atoms with Gasteiger partial charge in [0.25, 0.3) is 0 Å². The predicted molar refractivity (Wildman–Crippen MR) is 81.0 cm³/mol. The fraction of sp³-hybridized carbons (Fsp3) is 0.312. The Bertz CT molecular complexity index is 742. The van der Waals surface area contributed by atoms with Crippen molar-refractivity contribution in [2.45, 2.75) is 31.4 Å². The molecule has 0 bridgehead atoms. The number of aromatic nitrogens is 2. The first-order valence-corrected chi connectivity index (χ1v) is 7.86. The maximum atomic E-state index is 10.5. The van der Waals surface area contributed by atoms with E-state index in [-0.39, 0.29) is 0 Å². The van der Waals surface area contributed by atoms with Gasteiger partial charge in [-0.3, -0.25) is 0 Å². The van der Waals surface area contributed by atoms with E-state index in [2.05, 4.69) is 39.2 Å². The van der Waals surface area contributed by atoms with Crippen LogP contribution in [0.1, 0.15) is 36.2 Å². The summed E-state index contributed by atoms with van der Waals surface area (Å²) in [6.45, 7) is 0. The molecule has 2 heterocycles. The SMILES string of the molecule is OC(Cc1csc2ccccc12)c1cncn1C1CC1. The smallest absolute Gasteiger partial charge is 0.0996 e. The van der Waals surface area contributed by atoms with Crippen molar-refractivity contribution in [1.29, 1.82) is 0 Å². The molecular weight excluding hydrogens is 268 g/mol. The number of imidazole rings is 1. The normalized spacial score (nSPS) is 16.6. The average Bonchev–Trinajstić information content (AvgIpc) is 3.06. The molecule has 1 unspecified atom stereocenters. The third-order valence-electron chi connectivity index (χ3n) is 3.95. The van der Waals surface area contributed by atoms with Crippen LogP contribution in [0.15, 0.2) is 42.2 Å². The molecule has 4 heteroatoms. The topological polar surface area (TPSA) is 38.1 Å². The van der Waals surface area contributed by atoms with Crippen molar-refractivity contribution in [3.8, 4) is 0 Å². The van der Waals surface area contributed by atoms with Crippen molar-refractivity contribution in [3.05, 3.63) is 53.4 Å². The van der Waals surface area contributed by atoms with Gasteiger partial charge in [0.1, 0.15) is 0 Å². The summed E-state index contributed by atoms with van der Waals surface area (Å²) in [5.74, 6) is 0. The van der Waals surface area contributed by atoms with Gasteiger partial charge in [-0.05, 0) is 35.2 Å². The standard InChI is InChI=1S/C16H16N2OS/c19-15(14-8-17-10-18(14)12-5-6-12)7-11-9-20-16-4-2-1-3-13(11)16/h1-4,8-10,12,15,19H,5-7H2. The molecule has 102 valence electrons. The van der Waals surface area contributed by atoms with E-state index in [1.807, 2.05) is 6.33 Å². The Morgan fingerprint density at radius 1 is 1.35 bits per heavy atom. The van der Waals surface area contributed by atoms with E-state index in [0.29, 0.717) is 12.5 Å². The Morgan fingerprint density at radius 2 is 2.20 bits per heavy atom. The second kappa shape index (κ2) is 4.72. The van der Waals surface area contributed by atoms with Crippen LogP contribution in [-0.2, 0) is 6.42 Å². The molecule has 1 aliphatic rings. The molecule has 1 saturated carbocycles. The lowest BCUT2D eigenvalue weighted by molar-refractivity contribution is 0.169. The fourth-order valence-electron chi connectivity index (χ4n) is 2.73. The van der Waals surface area contributed by atoms with E-state index in [9.17, 15) is 5.11 Å². The number of hydrogen-bond donors (Lipinski definition) is 1. The molecule has 3 nitrogen and oxygen atoms in total. The number of fused-ring (bicyclic) bond motifs is 1. The largest absolute Gasteiger partial charge is 0.386 e. The number of benzene rings is 1. The second-order valence-corrected chi connectivity index (χ2v) is 6.35. The zero-order chi connectivity index (χ0) is 13.5. The first kappa shape index (κ1) is 12.1. The lowest BCUT2D eigenvalue weighted by Gasteiger charge is -2.13. The summed E-state index contributed by atoms with van der Waals surface area (Å²) in [5.41, 5.74) is 2.17. The molecule has 3 aromatic rings. The number of aliphatic hydroxyl groups is 1. The minimum atomic E-state index is -0.476. The monoisotopic (exact) mass is 284 g/mol. The fourth-order valence-corrected chi connectivity index (χ4v) is 3.71. The molecular formula is C16H16N2OS. The number of nitrogens with zero attached hydrogens (tertiary/aromatic N) is 2. The molecule has 4 rings (SSSR count). The Labute approximate surface area is 121 Å². The highest BCUT2D eigenvalue weighted by Crippen LogP contribution is 2.37. The molecule has 0 radical (unpaired) electrons. The van der Waals surface area contributed by atoms with Crippen LogP contribution in [0.2, 0.25) is 0 Å². The molecule has 0 spiro atoms. The highest BCUT2D eigenvalue weighted by Gasteiger charge is 2.27. The van der Waals surface area contributed by atoms with Crippen LogP contribution in [-0.4, -0.2) is 14.7 Å². The van der Waals surface area contributed by atoms with Crippen molar-refractivity contribution >= 4 is 21.4 Å². The summed E-state index contributed by atoms with van der Waals surface area (Å²) >= 11 is 1.74. The maximum Gasteiger partial charge on any atom is 0.0996 e. The third-order valence-corrected chi connectivity index (χ3v) is 4.96. The van der Waals surface area contributed by atoms with Crippen LogP contribution in [0.5, 0.6) is 0 Å². The van der Waals surface area contributed by atoms with Crippen LogP contribution in [0, 0.1) is 0 Å². The second-order valence-electron chi connectivity index (χ2n) is 5.43. The lowest BCUT2D eigenvalue weighted by Crippen LogP contribution is -2.08. The zero-order valence-corrected chi connectivity index (χ0v) is 11.9. The van der Waals surface area contributed by atoms with Crippen molar-refractivity contribution in [2.24, 2.45) is 0 Å². The molecule has 2 aromatic heterocycles. The van der Waals surface area contributed by atoms with E-state index < -0.39 is 6.10 Å². The summed E-state index contributed by atoms with van der Waals surface area (Å²) in [6, 6.07) is 8.93. The van der Waals surface area contributed by atoms with Gasteiger partial charge >= 0.3 is 0 Å². The highest BCUT2D eigenvalue weighted by molar-refractivity contribution is 7.17. The van der Waals surface area contributed by atoms with Gasteiger partial charge in [0.05, 0.1) is 24.3 Å². The number of hydrogen-bond acceptors (Lipinski definition) is 3. The van der Waals surface area contributed by atoms with E-state index >= 15 is 0 Å². The Morgan fingerprint density at radius 3 is 3.05 bits per heavy atom. The number of rotatable bonds is 4. The van der Waals surface area contributed by atoms with E-state index in [0.717, 1.165) is 5.69 Å². The lowest BCUT2D eigenvalue weighted by atomic mass is 10.1. The van der Waals surface area contributed by atoms with Crippen molar-refractivity contribution in [1.82, 2.24) is 9.55 Å². The predicted octanol–water partition coefficient (Wildman–Crippen LogP) is 3.71. The van der Waals surface area contributed by atoms with E-state index in [1.165, 1.54) is 28.5 Å². The van der Waals surface area contributed by atoms with Crippen molar-refractivity contribution in [2.75, 3.05) is 0 Å².